The number of methoxy groups -OCH3 is 1. The van der Waals surface area contributed by atoms with Crippen LogP contribution in [0.4, 0.5) is 0 Å². The second-order valence-corrected chi connectivity index (χ2v) is 2.24. The highest BCUT2D eigenvalue weighted by molar-refractivity contribution is 5.91. The van der Waals surface area contributed by atoms with Gasteiger partial charge < -0.3 is 14.6 Å². The predicted molar refractivity (Wildman–Crippen MR) is 44.4 cm³/mol. The number of aromatic nitrogens is 1. The molecule has 0 aliphatic heterocycles. The molecular formula is C8H7NO5. The quantitative estimate of drug-likeness (QED) is 0.699. The van der Waals surface area contributed by atoms with E-state index >= 15 is 0 Å². The predicted octanol–water partition coefficient (Wildman–Crippen LogP) is 0.324. The average molecular weight is 197 g/mol. The Morgan fingerprint density at radius 3 is 2.86 bits per heavy atom. The summed E-state index contributed by atoms with van der Waals surface area (Å²) in [6.45, 7) is 0.140. The van der Waals surface area contributed by atoms with Crippen LogP contribution in [0.3, 0.4) is 0 Å². The van der Waals surface area contributed by atoms with Gasteiger partial charge >= 0.3 is 5.97 Å². The summed E-state index contributed by atoms with van der Waals surface area (Å²) in [7, 11) is 1.37. The first-order chi connectivity index (χ1) is 6.69. The number of carbonyl (C=O) groups excluding carboxylic acids is 1. The van der Waals surface area contributed by atoms with Gasteiger partial charge in [0.2, 0.25) is 5.88 Å². The van der Waals surface area contributed by atoms with E-state index in [9.17, 15) is 9.59 Å². The molecule has 1 heterocycles. The number of carboxylic acids is 1. The van der Waals surface area contributed by atoms with Crippen molar-refractivity contribution in [2.24, 2.45) is 0 Å². The number of hydrogen-bond donors (Lipinski definition) is 1. The van der Waals surface area contributed by atoms with E-state index in [4.69, 9.17) is 9.84 Å². The van der Waals surface area contributed by atoms with Gasteiger partial charge in [0.15, 0.2) is 5.75 Å². The summed E-state index contributed by atoms with van der Waals surface area (Å²) in [5, 5.41) is 8.68. The maximum absolute atomic E-state index is 10.6. The molecule has 0 amide bonds. The lowest BCUT2D eigenvalue weighted by Crippen LogP contribution is -2.03. The standard InChI is InChI=1S/C8H7NO5/c1-13-7-2-6(14-4-10)5(3-9-7)8(11)12/h2-4H,1H3,(H,11,12). The Labute approximate surface area is 79.1 Å². The second kappa shape index (κ2) is 4.22. The van der Waals surface area contributed by atoms with Crippen LogP contribution < -0.4 is 9.47 Å². The SMILES string of the molecule is COc1cc(OC=O)c(C(=O)O)cn1. The zero-order chi connectivity index (χ0) is 10.6. The molecule has 1 aromatic heterocycles. The lowest BCUT2D eigenvalue weighted by Gasteiger charge is -2.04. The van der Waals surface area contributed by atoms with Crippen LogP contribution >= 0.6 is 0 Å². The minimum atomic E-state index is -1.22. The first-order valence-corrected chi connectivity index (χ1v) is 3.56. The smallest absolute Gasteiger partial charge is 0.341 e. The molecule has 6 nitrogen and oxygen atoms in total. The van der Waals surface area contributed by atoms with Crippen molar-refractivity contribution in [3.63, 3.8) is 0 Å². The summed E-state index contributed by atoms with van der Waals surface area (Å²) in [4.78, 5) is 24.4. The van der Waals surface area contributed by atoms with Crippen molar-refractivity contribution >= 4 is 12.4 Å². The van der Waals surface area contributed by atoms with Crippen molar-refractivity contribution in [3.8, 4) is 11.6 Å². The fraction of sp³-hybridized carbons (Fsp3) is 0.125. The van der Waals surface area contributed by atoms with Crippen molar-refractivity contribution in [1.82, 2.24) is 4.98 Å². The zero-order valence-electron chi connectivity index (χ0n) is 7.26. The number of pyridine rings is 1. The molecule has 1 aromatic rings. The highest BCUT2D eigenvalue weighted by atomic mass is 16.5. The third-order valence-electron chi connectivity index (χ3n) is 1.46. The Morgan fingerprint density at radius 2 is 2.36 bits per heavy atom. The molecule has 0 radical (unpaired) electrons. The van der Waals surface area contributed by atoms with Gasteiger partial charge in [-0.2, -0.15) is 0 Å². The topological polar surface area (TPSA) is 85.7 Å². The number of rotatable bonds is 4. The number of hydrogen-bond acceptors (Lipinski definition) is 5. The minimum absolute atomic E-state index is 0.0978. The monoisotopic (exact) mass is 197 g/mol. The largest absolute Gasteiger partial charge is 0.481 e. The molecule has 0 saturated heterocycles. The van der Waals surface area contributed by atoms with Crippen LogP contribution in [0.15, 0.2) is 12.3 Å². The van der Waals surface area contributed by atoms with Gasteiger partial charge in [-0.3, -0.25) is 4.79 Å². The molecule has 0 unspecified atom stereocenters. The maximum atomic E-state index is 10.6. The molecule has 0 aliphatic rings. The van der Waals surface area contributed by atoms with Crippen LogP contribution in [-0.4, -0.2) is 29.6 Å². The van der Waals surface area contributed by atoms with Gasteiger partial charge in [-0.05, 0) is 0 Å². The Hall–Kier alpha value is -2.11. The second-order valence-electron chi connectivity index (χ2n) is 2.24. The molecule has 14 heavy (non-hydrogen) atoms. The van der Waals surface area contributed by atoms with E-state index in [-0.39, 0.29) is 23.7 Å². The van der Waals surface area contributed by atoms with Crippen LogP contribution in [0.25, 0.3) is 0 Å². The Morgan fingerprint density at radius 1 is 1.64 bits per heavy atom. The number of carboxylic acid groups (broad SMARTS) is 1. The average Bonchev–Trinajstić information content (AvgIpc) is 2.17. The van der Waals surface area contributed by atoms with E-state index in [1.807, 2.05) is 0 Å². The van der Waals surface area contributed by atoms with Crippen molar-refractivity contribution in [2.75, 3.05) is 7.11 Å². The van der Waals surface area contributed by atoms with Gasteiger partial charge in [-0.25, -0.2) is 9.78 Å². The molecule has 0 aromatic carbocycles. The van der Waals surface area contributed by atoms with Crippen molar-refractivity contribution in [2.45, 2.75) is 0 Å². The van der Waals surface area contributed by atoms with Crippen molar-refractivity contribution in [1.29, 1.82) is 0 Å². The summed E-state index contributed by atoms with van der Waals surface area (Å²) in [5.41, 5.74) is -0.196. The van der Waals surface area contributed by atoms with Crippen LogP contribution in [0.5, 0.6) is 11.6 Å². The molecule has 74 valence electrons. The van der Waals surface area contributed by atoms with Crippen LogP contribution in [0, 0.1) is 0 Å². The third kappa shape index (κ3) is 1.98. The third-order valence-corrected chi connectivity index (χ3v) is 1.46. The van der Waals surface area contributed by atoms with Crippen LogP contribution in [-0.2, 0) is 4.79 Å². The molecule has 0 atom stereocenters. The first kappa shape index (κ1) is 9.97. The summed E-state index contributed by atoms with van der Waals surface area (Å²) >= 11 is 0. The number of aromatic carboxylic acids is 1. The molecule has 0 saturated carbocycles. The van der Waals surface area contributed by atoms with Gasteiger partial charge in [0.1, 0.15) is 5.56 Å². The molecule has 0 spiro atoms. The Balaban J connectivity index is 3.16. The normalized spacial score (nSPS) is 9.21. The van der Waals surface area contributed by atoms with E-state index < -0.39 is 5.97 Å². The molecule has 6 heteroatoms. The van der Waals surface area contributed by atoms with E-state index in [1.165, 1.54) is 13.2 Å². The highest BCUT2D eigenvalue weighted by Gasteiger charge is 2.13. The maximum Gasteiger partial charge on any atom is 0.341 e. The first-order valence-electron chi connectivity index (χ1n) is 3.56. The van der Waals surface area contributed by atoms with Gasteiger partial charge in [-0.1, -0.05) is 0 Å². The molecule has 1 N–H and O–H groups in total. The number of carbonyl (C=O) groups is 2. The van der Waals surface area contributed by atoms with Crippen molar-refractivity contribution in [3.05, 3.63) is 17.8 Å². The number of ether oxygens (including phenoxy) is 2. The molecule has 1 rings (SSSR count). The summed E-state index contributed by atoms with van der Waals surface area (Å²) in [5.74, 6) is -1.15. The fourth-order valence-electron chi connectivity index (χ4n) is 0.841. The Bertz CT molecular complexity index is 363. The van der Waals surface area contributed by atoms with Gasteiger partial charge in [0.25, 0.3) is 6.47 Å². The molecule has 0 fully saturated rings. The zero-order valence-corrected chi connectivity index (χ0v) is 7.26. The molecule has 0 aliphatic carbocycles. The summed E-state index contributed by atoms with van der Waals surface area (Å²) in [6, 6.07) is 1.22. The van der Waals surface area contributed by atoms with Gasteiger partial charge in [0, 0.05) is 12.3 Å². The Kier molecular flexibility index (Phi) is 3.01. The van der Waals surface area contributed by atoms with Crippen molar-refractivity contribution < 1.29 is 24.2 Å². The van der Waals surface area contributed by atoms with Gasteiger partial charge in [-0.15, -0.1) is 0 Å². The minimum Gasteiger partial charge on any atom is -0.481 e. The van der Waals surface area contributed by atoms with Crippen LogP contribution in [0.2, 0.25) is 0 Å². The lowest BCUT2D eigenvalue weighted by molar-refractivity contribution is -0.120. The fourth-order valence-corrected chi connectivity index (χ4v) is 0.841. The van der Waals surface area contributed by atoms with E-state index in [1.54, 1.807) is 0 Å². The molecular weight excluding hydrogens is 190 g/mol. The summed E-state index contributed by atoms with van der Waals surface area (Å²) in [6.07, 6.45) is 1.06. The van der Waals surface area contributed by atoms with Crippen LogP contribution in [0.1, 0.15) is 10.4 Å². The lowest BCUT2D eigenvalue weighted by atomic mass is 10.2. The van der Waals surface area contributed by atoms with E-state index in [2.05, 4.69) is 9.72 Å². The highest BCUT2D eigenvalue weighted by Crippen LogP contribution is 2.21. The molecule has 0 bridgehead atoms. The summed E-state index contributed by atoms with van der Waals surface area (Å²) < 4.78 is 9.20. The van der Waals surface area contributed by atoms with E-state index in [0.29, 0.717) is 0 Å². The van der Waals surface area contributed by atoms with E-state index in [0.717, 1.165) is 6.20 Å². The number of nitrogens with zero attached hydrogens (tertiary/aromatic N) is 1. The van der Waals surface area contributed by atoms with Gasteiger partial charge in [0.05, 0.1) is 7.11 Å².